The zero-order valence-electron chi connectivity index (χ0n) is 9.94. The molecule has 0 fully saturated rings. The summed E-state index contributed by atoms with van der Waals surface area (Å²) in [5.41, 5.74) is 0. The van der Waals surface area contributed by atoms with Crippen molar-refractivity contribution < 1.29 is 19.4 Å². The molecular formula is C12H22BaO4. The number of unbranched alkanes of at least 4 members (excludes halogenated alkanes) is 1. The standard InChI is InChI=1S/C12H20O4.Ba.2H/c1-3-5-6-10(4-2)9-16-12(15)8-7-11(13)14;;;/h7-8,10H,3-6,9H2,1-2H3,(H,13,14);;;/b8-7-;;;. The second kappa shape index (κ2) is 12.7. The molecule has 0 heterocycles. The fraction of sp³-hybridized carbons (Fsp3) is 0.667. The van der Waals surface area contributed by atoms with Gasteiger partial charge in [0.2, 0.25) is 0 Å². The molecule has 1 atom stereocenters. The summed E-state index contributed by atoms with van der Waals surface area (Å²) in [6.07, 6.45) is 5.99. The van der Waals surface area contributed by atoms with Crippen LogP contribution in [0, 0.1) is 5.92 Å². The molecule has 0 aromatic rings. The summed E-state index contributed by atoms with van der Waals surface area (Å²) in [5, 5.41) is 8.31. The normalized spacial score (nSPS) is 11.9. The topological polar surface area (TPSA) is 63.6 Å². The average molecular weight is 368 g/mol. The Hall–Kier alpha value is 0.251. The summed E-state index contributed by atoms with van der Waals surface area (Å²) in [7, 11) is 0. The van der Waals surface area contributed by atoms with Crippen LogP contribution in [0.1, 0.15) is 39.5 Å². The minimum absolute atomic E-state index is 0. The van der Waals surface area contributed by atoms with E-state index in [0.717, 1.165) is 37.8 Å². The van der Waals surface area contributed by atoms with Crippen LogP contribution < -0.4 is 0 Å². The molecule has 0 bridgehead atoms. The van der Waals surface area contributed by atoms with Crippen molar-refractivity contribution in [1.29, 1.82) is 0 Å². The van der Waals surface area contributed by atoms with Crippen molar-refractivity contribution in [2.24, 2.45) is 5.92 Å². The Morgan fingerprint density at radius 2 is 1.94 bits per heavy atom. The van der Waals surface area contributed by atoms with E-state index in [1.54, 1.807) is 0 Å². The van der Waals surface area contributed by atoms with E-state index in [1.807, 2.05) is 0 Å². The third-order valence-corrected chi connectivity index (χ3v) is 2.37. The van der Waals surface area contributed by atoms with Gasteiger partial charge in [0.1, 0.15) is 0 Å². The first-order chi connectivity index (χ1) is 7.60. The molecule has 0 aromatic heterocycles. The van der Waals surface area contributed by atoms with E-state index >= 15 is 0 Å². The van der Waals surface area contributed by atoms with E-state index in [4.69, 9.17) is 9.84 Å². The number of rotatable bonds is 8. The van der Waals surface area contributed by atoms with Crippen LogP contribution in [-0.2, 0) is 14.3 Å². The van der Waals surface area contributed by atoms with Gasteiger partial charge in [-0.3, -0.25) is 0 Å². The monoisotopic (exact) mass is 368 g/mol. The Balaban J connectivity index is 0. The van der Waals surface area contributed by atoms with Crippen LogP contribution in [0.25, 0.3) is 0 Å². The summed E-state index contributed by atoms with van der Waals surface area (Å²) in [6, 6.07) is 0. The molecule has 4 nitrogen and oxygen atoms in total. The maximum atomic E-state index is 11.1. The van der Waals surface area contributed by atoms with Gasteiger partial charge in [0.05, 0.1) is 6.61 Å². The Kier molecular flexibility index (Phi) is 14.6. The average Bonchev–Trinajstić information content (AvgIpc) is 2.26. The van der Waals surface area contributed by atoms with Gasteiger partial charge in [-0.1, -0.05) is 33.1 Å². The fourth-order valence-electron chi connectivity index (χ4n) is 1.29. The van der Waals surface area contributed by atoms with Crippen molar-refractivity contribution in [3.8, 4) is 0 Å². The zero-order valence-corrected chi connectivity index (χ0v) is 9.94. The predicted octanol–water partition coefficient (Wildman–Crippen LogP) is 1.47. The molecule has 0 aliphatic carbocycles. The zero-order chi connectivity index (χ0) is 12.4. The van der Waals surface area contributed by atoms with Crippen molar-refractivity contribution in [2.45, 2.75) is 39.5 Å². The van der Waals surface area contributed by atoms with E-state index in [-0.39, 0.29) is 48.9 Å². The SMILES string of the molecule is CCCCC(CC)COC(=O)/C=C\C(=O)O.[BaH2]. The Morgan fingerprint density at radius 1 is 1.29 bits per heavy atom. The number of esters is 1. The summed E-state index contributed by atoms with van der Waals surface area (Å²) in [4.78, 5) is 21.2. The Bertz CT molecular complexity index is 251. The molecule has 5 heteroatoms. The van der Waals surface area contributed by atoms with Crippen molar-refractivity contribution in [3.63, 3.8) is 0 Å². The molecule has 17 heavy (non-hydrogen) atoms. The predicted molar refractivity (Wildman–Crippen MR) is 69.6 cm³/mol. The van der Waals surface area contributed by atoms with Crippen LogP contribution in [0.2, 0.25) is 0 Å². The number of carbonyl (C=O) groups is 2. The van der Waals surface area contributed by atoms with Gasteiger partial charge < -0.3 is 9.84 Å². The van der Waals surface area contributed by atoms with Gasteiger partial charge >= 0.3 is 60.8 Å². The van der Waals surface area contributed by atoms with Crippen molar-refractivity contribution in [2.75, 3.05) is 6.61 Å². The van der Waals surface area contributed by atoms with E-state index in [2.05, 4.69) is 13.8 Å². The molecule has 96 valence electrons. The molecule has 0 aliphatic rings. The summed E-state index contributed by atoms with van der Waals surface area (Å²) in [6.45, 7) is 4.55. The molecule has 1 N–H and O–H groups in total. The van der Waals surface area contributed by atoms with Gasteiger partial charge in [-0.2, -0.15) is 0 Å². The molecule has 0 aromatic carbocycles. The molecular weight excluding hydrogens is 345 g/mol. The van der Waals surface area contributed by atoms with Crippen LogP contribution in [0.5, 0.6) is 0 Å². The van der Waals surface area contributed by atoms with Gasteiger partial charge in [0, 0.05) is 12.2 Å². The van der Waals surface area contributed by atoms with Crippen molar-refractivity contribution in [1.82, 2.24) is 0 Å². The summed E-state index contributed by atoms with van der Waals surface area (Å²) < 4.78 is 4.95. The fourth-order valence-corrected chi connectivity index (χ4v) is 1.29. The van der Waals surface area contributed by atoms with Crippen LogP contribution in [-0.4, -0.2) is 72.5 Å². The first-order valence-electron chi connectivity index (χ1n) is 5.67. The molecule has 0 spiro atoms. The van der Waals surface area contributed by atoms with Gasteiger partial charge in [-0.15, -0.1) is 0 Å². The van der Waals surface area contributed by atoms with Gasteiger partial charge in [0.15, 0.2) is 0 Å². The molecule has 0 aliphatic heterocycles. The molecule has 1 unspecified atom stereocenters. The van der Waals surface area contributed by atoms with Crippen LogP contribution in [0.15, 0.2) is 12.2 Å². The molecule has 0 rings (SSSR count). The molecule has 0 amide bonds. The van der Waals surface area contributed by atoms with Crippen molar-refractivity contribution >= 4 is 60.8 Å². The quantitative estimate of drug-likeness (QED) is 0.401. The summed E-state index contributed by atoms with van der Waals surface area (Å²) in [5.74, 6) is -1.35. The van der Waals surface area contributed by atoms with Gasteiger partial charge in [-0.05, 0) is 12.3 Å². The molecule has 0 saturated carbocycles. The number of aliphatic carboxylic acids is 1. The van der Waals surface area contributed by atoms with Gasteiger partial charge in [-0.25, -0.2) is 9.59 Å². The Labute approximate surface area is 143 Å². The third kappa shape index (κ3) is 12.5. The third-order valence-electron chi connectivity index (χ3n) is 2.37. The van der Waals surface area contributed by atoms with Crippen LogP contribution in [0.3, 0.4) is 0 Å². The molecule has 0 saturated heterocycles. The number of hydrogen-bond acceptors (Lipinski definition) is 3. The van der Waals surface area contributed by atoms with Crippen LogP contribution >= 0.6 is 0 Å². The van der Waals surface area contributed by atoms with E-state index in [0.29, 0.717) is 12.5 Å². The second-order valence-electron chi connectivity index (χ2n) is 3.72. The summed E-state index contributed by atoms with van der Waals surface area (Å²) >= 11 is 0. The first kappa shape index (κ1) is 19.6. The first-order valence-corrected chi connectivity index (χ1v) is 5.67. The number of hydrogen-bond donors (Lipinski definition) is 1. The Morgan fingerprint density at radius 3 is 2.41 bits per heavy atom. The number of carbonyl (C=O) groups excluding carboxylic acids is 1. The van der Waals surface area contributed by atoms with E-state index in [1.165, 1.54) is 0 Å². The minimum atomic E-state index is -1.14. The van der Waals surface area contributed by atoms with E-state index < -0.39 is 11.9 Å². The van der Waals surface area contributed by atoms with Crippen LogP contribution in [0.4, 0.5) is 0 Å². The van der Waals surface area contributed by atoms with Crippen molar-refractivity contribution in [3.05, 3.63) is 12.2 Å². The second-order valence-corrected chi connectivity index (χ2v) is 3.72. The van der Waals surface area contributed by atoms with E-state index in [9.17, 15) is 9.59 Å². The number of ether oxygens (including phenoxy) is 1. The molecule has 0 radical (unpaired) electrons. The maximum absolute atomic E-state index is 11.1. The number of carboxylic acid groups (broad SMARTS) is 1. The number of carboxylic acids is 1. The van der Waals surface area contributed by atoms with Gasteiger partial charge in [0.25, 0.3) is 0 Å².